The van der Waals surface area contributed by atoms with Crippen LogP contribution in [-0.2, 0) is 20.9 Å². The minimum atomic E-state index is -0.848. The number of amides is 1. The number of aromatic nitrogens is 2. The van der Waals surface area contributed by atoms with Crippen molar-refractivity contribution in [1.29, 1.82) is 0 Å². The van der Waals surface area contributed by atoms with Crippen molar-refractivity contribution in [2.75, 3.05) is 7.11 Å². The number of carbonyl (C=O) groups is 2. The largest absolute Gasteiger partial charge is 0.497 e. The lowest BCUT2D eigenvalue weighted by atomic mass is 10.0. The monoisotopic (exact) mass is 469 g/mol. The molecular formula is C24H27N3O5S. The van der Waals surface area contributed by atoms with Gasteiger partial charge in [-0.2, -0.15) is 0 Å². The minimum Gasteiger partial charge on any atom is -0.497 e. The summed E-state index contributed by atoms with van der Waals surface area (Å²) in [6, 6.07) is 6.37. The lowest BCUT2D eigenvalue weighted by Crippen LogP contribution is -2.44. The lowest BCUT2D eigenvalue weighted by Gasteiger charge is -2.20. The Bertz CT molecular complexity index is 1240. The number of hydrogen-bond acceptors (Lipinski definition) is 7. The molecule has 8 nitrogen and oxygen atoms in total. The van der Waals surface area contributed by atoms with Crippen LogP contribution in [0.15, 0.2) is 35.1 Å². The van der Waals surface area contributed by atoms with Crippen LogP contribution in [0.1, 0.15) is 35.7 Å². The van der Waals surface area contributed by atoms with Crippen LogP contribution in [0.4, 0.5) is 0 Å². The maximum Gasteiger partial charge on any atom is 0.329 e. The van der Waals surface area contributed by atoms with Crippen LogP contribution in [0, 0.1) is 19.8 Å². The molecule has 2 aromatic heterocycles. The molecule has 0 bridgehead atoms. The Kier molecular flexibility index (Phi) is 7.65. The lowest BCUT2D eigenvalue weighted by molar-refractivity contribution is -0.150. The molecule has 0 aliphatic rings. The zero-order chi connectivity index (χ0) is 24.1. The van der Waals surface area contributed by atoms with Gasteiger partial charge in [0.2, 0.25) is 5.91 Å². The van der Waals surface area contributed by atoms with E-state index in [-0.39, 0.29) is 23.9 Å². The molecule has 1 amide bonds. The van der Waals surface area contributed by atoms with E-state index >= 15 is 0 Å². The fourth-order valence-electron chi connectivity index (χ4n) is 3.18. The van der Waals surface area contributed by atoms with Crippen LogP contribution in [0.2, 0.25) is 0 Å². The van der Waals surface area contributed by atoms with Gasteiger partial charge in [0.15, 0.2) is 0 Å². The van der Waals surface area contributed by atoms with Gasteiger partial charge in [0.25, 0.3) is 5.56 Å². The normalized spacial score (nSPS) is 12.3. The van der Waals surface area contributed by atoms with E-state index < -0.39 is 17.9 Å². The average Bonchev–Trinajstić information content (AvgIpc) is 3.08. The number of carbonyl (C=O) groups excluding carboxylic acids is 2. The number of thiophene rings is 1. The van der Waals surface area contributed by atoms with Crippen molar-refractivity contribution in [2.45, 2.75) is 40.3 Å². The third kappa shape index (κ3) is 5.87. The number of fused-ring (bicyclic) bond motifs is 1. The third-order valence-electron chi connectivity index (χ3n) is 5.20. The van der Waals surface area contributed by atoms with Gasteiger partial charge in [0.05, 0.1) is 12.5 Å². The molecule has 9 heteroatoms. The van der Waals surface area contributed by atoms with Gasteiger partial charge in [-0.1, -0.05) is 26.0 Å². The van der Waals surface area contributed by atoms with Crippen LogP contribution >= 0.6 is 11.3 Å². The molecule has 1 unspecified atom stereocenters. The standard InChI is InChI=1S/C24H27N3O5S/c1-13(2)21(27-19(28)11-8-16-6-9-17(31-5)10-7-16)24(30)32-12-18-25-22(29)20-14(3)15(4)33-23(20)26-18/h6-11,13,21H,12H2,1-5H3,(H,27,28)(H,25,26,29). The highest BCUT2D eigenvalue weighted by atomic mass is 32.1. The number of ether oxygens (including phenoxy) is 2. The summed E-state index contributed by atoms with van der Waals surface area (Å²) in [4.78, 5) is 46.1. The second-order valence-electron chi connectivity index (χ2n) is 7.92. The van der Waals surface area contributed by atoms with E-state index in [0.717, 1.165) is 21.8 Å². The third-order valence-corrected chi connectivity index (χ3v) is 6.30. The van der Waals surface area contributed by atoms with E-state index in [9.17, 15) is 14.4 Å². The smallest absolute Gasteiger partial charge is 0.329 e. The first-order chi connectivity index (χ1) is 15.7. The number of nitrogens with zero attached hydrogens (tertiary/aromatic N) is 1. The first-order valence-electron chi connectivity index (χ1n) is 10.5. The van der Waals surface area contributed by atoms with Crippen molar-refractivity contribution >= 4 is 39.5 Å². The number of rotatable bonds is 8. The minimum absolute atomic E-state index is 0.194. The van der Waals surface area contributed by atoms with E-state index in [2.05, 4.69) is 15.3 Å². The Morgan fingerprint density at radius 1 is 1.21 bits per heavy atom. The summed E-state index contributed by atoms with van der Waals surface area (Å²) in [5.41, 5.74) is 1.46. The molecule has 0 saturated heterocycles. The fraction of sp³-hybridized carbons (Fsp3) is 0.333. The number of aryl methyl sites for hydroxylation is 2. The van der Waals surface area contributed by atoms with Gasteiger partial charge in [-0.3, -0.25) is 9.59 Å². The van der Waals surface area contributed by atoms with Gasteiger partial charge >= 0.3 is 5.97 Å². The average molecular weight is 470 g/mol. The van der Waals surface area contributed by atoms with E-state index in [1.165, 1.54) is 17.4 Å². The summed E-state index contributed by atoms with van der Waals surface area (Å²) < 4.78 is 10.5. The number of nitrogens with one attached hydrogen (secondary N) is 2. The molecule has 174 valence electrons. The molecule has 0 fully saturated rings. The SMILES string of the molecule is COc1ccc(C=CC(=O)NC(C(=O)OCc2nc3sc(C)c(C)c3c(=O)[nH]2)C(C)C)cc1. The molecule has 33 heavy (non-hydrogen) atoms. The van der Waals surface area contributed by atoms with E-state index in [1.807, 2.05) is 39.8 Å². The van der Waals surface area contributed by atoms with Gasteiger partial charge in [-0.05, 0) is 49.1 Å². The van der Waals surface area contributed by atoms with E-state index in [0.29, 0.717) is 10.2 Å². The second-order valence-corrected chi connectivity index (χ2v) is 9.12. The van der Waals surface area contributed by atoms with Crippen molar-refractivity contribution in [3.8, 4) is 5.75 Å². The molecule has 3 rings (SSSR count). The van der Waals surface area contributed by atoms with Crippen LogP contribution in [0.3, 0.4) is 0 Å². The van der Waals surface area contributed by atoms with Crippen molar-refractivity contribution in [2.24, 2.45) is 5.92 Å². The fourth-order valence-corrected chi connectivity index (χ4v) is 4.23. The maximum atomic E-state index is 12.7. The predicted molar refractivity (Wildman–Crippen MR) is 128 cm³/mol. The number of H-pyrrole nitrogens is 1. The molecule has 1 atom stereocenters. The maximum absolute atomic E-state index is 12.7. The van der Waals surface area contributed by atoms with Crippen LogP contribution in [-0.4, -0.2) is 35.0 Å². The first-order valence-corrected chi connectivity index (χ1v) is 11.3. The number of esters is 1. The number of hydrogen-bond donors (Lipinski definition) is 2. The molecule has 0 saturated carbocycles. The summed E-state index contributed by atoms with van der Waals surface area (Å²) in [7, 11) is 1.58. The number of aromatic amines is 1. The van der Waals surface area contributed by atoms with Gasteiger partial charge < -0.3 is 19.8 Å². The Morgan fingerprint density at radius 3 is 2.55 bits per heavy atom. The Morgan fingerprint density at radius 2 is 1.91 bits per heavy atom. The molecule has 0 radical (unpaired) electrons. The number of methoxy groups -OCH3 is 1. The van der Waals surface area contributed by atoms with Gasteiger partial charge in [0, 0.05) is 11.0 Å². The molecule has 1 aromatic carbocycles. The van der Waals surface area contributed by atoms with Crippen LogP contribution in [0.5, 0.6) is 5.75 Å². The molecule has 3 aromatic rings. The molecule has 2 heterocycles. The summed E-state index contributed by atoms with van der Waals surface area (Å²) in [6.07, 6.45) is 3.01. The second kappa shape index (κ2) is 10.4. The highest BCUT2D eigenvalue weighted by molar-refractivity contribution is 7.18. The number of benzene rings is 1. The van der Waals surface area contributed by atoms with E-state index in [4.69, 9.17) is 9.47 Å². The van der Waals surface area contributed by atoms with Gasteiger partial charge in [-0.25, -0.2) is 9.78 Å². The summed E-state index contributed by atoms with van der Waals surface area (Å²) in [6.45, 7) is 7.23. The summed E-state index contributed by atoms with van der Waals surface area (Å²) in [5.74, 6) is -0.238. The Labute approximate surface area is 195 Å². The van der Waals surface area contributed by atoms with Crippen molar-refractivity contribution in [3.63, 3.8) is 0 Å². The highest BCUT2D eigenvalue weighted by Gasteiger charge is 2.25. The summed E-state index contributed by atoms with van der Waals surface area (Å²) >= 11 is 1.42. The highest BCUT2D eigenvalue weighted by Crippen LogP contribution is 2.25. The Hall–Kier alpha value is -3.46. The van der Waals surface area contributed by atoms with Gasteiger partial charge in [-0.15, -0.1) is 11.3 Å². The summed E-state index contributed by atoms with van der Waals surface area (Å²) in [5, 5.41) is 3.24. The molecule has 0 spiro atoms. The van der Waals surface area contributed by atoms with Crippen molar-refractivity contribution < 1.29 is 19.1 Å². The quantitative estimate of drug-likeness (QED) is 0.386. The van der Waals surface area contributed by atoms with Crippen molar-refractivity contribution in [1.82, 2.24) is 15.3 Å². The first kappa shape index (κ1) is 24.2. The molecule has 0 aliphatic carbocycles. The molecule has 2 N–H and O–H groups in total. The van der Waals surface area contributed by atoms with Crippen molar-refractivity contribution in [3.05, 3.63) is 62.5 Å². The molecule has 0 aliphatic heterocycles. The predicted octanol–water partition coefficient (Wildman–Crippen LogP) is 3.51. The molecular weight excluding hydrogens is 442 g/mol. The van der Waals surface area contributed by atoms with Crippen LogP contribution in [0.25, 0.3) is 16.3 Å². The topological polar surface area (TPSA) is 110 Å². The Balaban J connectivity index is 1.63. The zero-order valence-corrected chi connectivity index (χ0v) is 20.0. The van der Waals surface area contributed by atoms with Gasteiger partial charge in [0.1, 0.15) is 29.1 Å². The van der Waals surface area contributed by atoms with E-state index in [1.54, 1.807) is 25.3 Å². The zero-order valence-electron chi connectivity index (χ0n) is 19.2. The van der Waals surface area contributed by atoms with Crippen LogP contribution < -0.4 is 15.6 Å².